The van der Waals surface area contributed by atoms with Crippen LogP contribution in [0.4, 0.5) is 14.3 Å². The molecule has 1 aliphatic rings. The lowest BCUT2D eigenvalue weighted by molar-refractivity contribution is -0.273. The van der Waals surface area contributed by atoms with Crippen LogP contribution in [0.2, 0.25) is 0 Å². The van der Waals surface area contributed by atoms with Gasteiger partial charge in [-0.05, 0) is 78.5 Å². The summed E-state index contributed by atoms with van der Waals surface area (Å²) in [4.78, 5) is 30.9. The van der Waals surface area contributed by atoms with Gasteiger partial charge in [0.2, 0.25) is 0 Å². The van der Waals surface area contributed by atoms with Crippen molar-refractivity contribution in [2.45, 2.75) is 77.8 Å². The third kappa shape index (κ3) is 11.3. The zero-order chi connectivity index (χ0) is 31.6. The zero-order valence-corrected chi connectivity index (χ0v) is 26.8. The van der Waals surface area contributed by atoms with E-state index < -0.39 is 29.3 Å². The normalized spacial score (nSPS) is 16.0. The largest absolute Gasteiger partial charge is 0.491 e. The molecule has 0 radical (unpaired) electrons. The van der Waals surface area contributed by atoms with Gasteiger partial charge in [-0.3, -0.25) is 0 Å². The van der Waals surface area contributed by atoms with Gasteiger partial charge in [-0.15, -0.1) is 11.3 Å². The van der Waals surface area contributed by atoms with E-state index in [1.54, 1.807) is 33.9 Å². The van der Waals surface area contributed by atoms with Crippen molar-refractivity contribution in [2.24, 2.45) is 0 Å². The minimum Gasteiger partial charge on any atom is -0.491 e. The Labute approximate surface area is 257 Å². The fraction of sp³-hybridized carbons (Fsp3) is 0.581. The number of nitrogens with one attached hydrogen (secondary N) is 1. The molecule has 0 bridgehead atoms. The number of hydrogen-bond donors (Lipinski definition) is 1. The lowest BCUT2D eigenvalue weighted by Crippen LogP contribution is -2.40. The molecule has 2 aromatic rings. The highest BCUT2D eigenvalue weighted by molar-refractivity contribution is 7.15. The van der Waals surface area contributed by atoms with E-state index in [0.29, 0.717) is 36.7 Å². The molecule has 12 heteroatoms. The van der Waals surface area contributed by atoms with Crippen LogP contribution in [-0.2, 0) is 25.4 Å². The van der Waals surface area contributed by atoms with Crippen molar-refractivity contribution in [1.29, 1.82) is 0 Å². The second-order valence-corrected chi connectivity index (χ2v) is 12.6. The fourth-order valence-corrected chi connectivity index (χ4v) is 5.12. The Morgan fingerprint density at radius 1 is 1.30 bits per heavy atom. The number of carbonyl (C=O) groups excluding carboxylic acids is 2. The standard InChI is InChI=1S/C31H42FN3O7S/c1-30(2,3)42-29(37)35(6)17-8-10-21-12-13-24(23(32)20-21)39-18-9-11-25-26(27(36)38-7)34-28(43-25)33-16-14-22-15-19-40-31(4,5)41-22/h12-13,20,22H,9,11,14-19H2,1-7H3,(H,33,34). The number of benzene rings is 1. The van der Waals surface area contributed by atoms with Gasteiger partial charge in [0.1, 0.15) is 5.60 Å². The molecule has 0 saturated carbocycles. The van der Waals surface area contributed by atoms with Gasteiger partial charge in [0, 0.05) is 24.0 Å². The highest BCUT2D eigenvalue weighted by Crippen LogP contribution is 2.27. The van der Waals surface area contributed by atoms with Gasteiger partial charge >= 0.3 is 12.1 Å². The molecule has 1 aromatic heterocycles. The van der Waals surface area contributed by atoms with Crippen LogP contribution in [0.5, 0.6) is 5.75 Å². The highest BCUT2D eigenvalue weighted by atomic mass is 32.1. The van der Waals surface area contributed by atoms with E-state index in [1.165, 1.54) is 35.5 Å². The van der Waals surface area contributed by atoms with Crippen molar-refractivity contribution in [3.63, 3.8) is 0 Å². The topological polar surface area (TPSA) is 108 Å². The van der Waals surface area contributed by atoms with Crippen molar-refractivity contribution in [2.75, 3.05) is 45.8 Å². The van der Waals surface area contributed by atoms with Crippen molar-refractivity contribution < 1.29 is 37.7 Å². The van der Waals surface area contributed by atoms with E-state index in [1.807, 2.05) is 13.8 Å². The summed E-state index contributed by atoms with van der Waals surface area (Å²) < 4.78 is 42.0. The summed E-state index contributed by atoms with van der Waals surface area (Å²) in [6.07, 6.45) is 2.26. The van der Waals surface area contributed by atoms with Crippen LogP contribution in [0, 0.1) is 17.7 Å². The number of methoxy groups -OCH3 is 1. The molecule has 1 aliphatic heterocycles. The van der Waals surface area contributed by atoms with Gasteiger partial charge in [0.05, 0.1) is 33.0 Å². The molecule has 1 N–H and O–H groups in total. The van der Waals surface area contributed by atoms with Gasteiger partial charge in [-0.1, -0.05) is 11.8 Å². The van der Waals surface area contributed by atoms with Crippen LogP contribution >= 0.6 is 11.3 Å². The SMILES string of the molecule is COC(=O)c1nc(NCCC2CCOC(C)(C)O2)sc1CCCOc1ccc(C#CCN(C)C(=O)OC(C)(C)C)cc1F. The maximum atomic E-state index is 14.6. The summed E-state index contributed by atoms with van der Waals surface area (Å²) in [5.41, 5.74) is 0.132. The second-order valence-electron chi connectivity index (χ2n) is 11.5. The molecular weight excluding hydrogens is 577 g/mol. The average molecular weight is 620 g/mol. The lowest BCUT2D eigenvalue weighted by Gasteiger charge is -2.36. The minimum absolute atomic E-state index is 0.0836. The maximum Gasteiger partial charge on any atom is 0.410 e. The number of halogens is 1. The van der Waals surface area contributed by atoms with Gasteiger partial charge in [-0.25, -0.2) is 19.0 Å². The van der Waals surface area contributed by atoms with Crippen LogP contribution in [0.25, 0.3) is 0 Å². The number of nitrogens with zero attached hydrogens (tertiary/aromatic N) is 2. The van der Waals surface area contributed by atoms with E-state index in [9.17, 15) is 14.0 Å². The second kappa shape index (κ2) is 15.4. The number of ether oxygens (including phenoxy) is 5. The van der Waals surface area contributed by atoms with Gasteiger partial charge in [0.25, 0.3) is 0 Å². The number of rotatable bonds is 11. The number of carbonyl (C=O) groups is 2. The third-order valence-electron chi connectivity index (χ3n) is 6.15. The van der Waals surface area contributed by atoms with Gasteiger partial charge < -0.3 is 33.9 Å². The van der Waals surface area contributed by atoms with E-state index in [2.05, 4.69) is 22.1 Å². The summed E-state index contributed by atoms with van der Waals surface area (Å²) in [5.74, 6) is 4.17. The highest BCUT2D eigenvalue weighted by Gasteiger charge is 2.29. The Balaban J connectivity index is 1.48. The number of esters is 1. The first kappa shape index (κ1) is 34.1. The Kier molecular flexibility index (Phi) is 12.2. The number of amides is 1. The van der Waals surface area contributed by atoms with E-state index in [-0.39, 0.29) is 30.7 Å². The molecular formula is C31H42FN3O7S. The maximum absolute atomic E-state index is 14.6. The average Bonchev–Trinajstić information content (AvgIpc) is 3.32. The molecule has 236 valence electrons. The number of aryl methyl sites for hydroxylation is 1. The predicted octanol–water partition coefficient (Wildman–Crippen LogP) is 5.64. The van der Waals surface area contributed by atoms with E-state index >= 15 is 0 Å². The molecule has 10 nitrogen and oxygen atoms in total. The molecule has 1 amide bonds. The third-order valence-corrected chi connectivity index (χ3v) is 7.22. The van der Waals surface area contributed by atoms with Crippen molar-refractivity contribution >= 4 is 28.5 Å². The number of aromatic nitrogens is 1. The minimum atomic E-state index is -0.596. The van der Waals surface area contributed by atoms with Crippen molar-refractivity contribution in [1.82, 2.24) is 9.88 Å². The van der Waals surface area contributed by atoms with Gasteiger partial charge in [-0.2, -0.15) is 0 Å². The predicted molar refractivity (Wildman–Crippen MR) is 162 cm³/mol. The monoisotopic (exact) mass is 619 g/mol. The smallest absolute Gasteiger partial charge is 0.410 e. The Hall–Kier alpha value is -3.40. The quantitative estimate of drug-likeness (QED) is 0.194. The molecule has 1 aromatic carbocycles. The van der Waals surface area contributed by atoms with Crippen LogP contribution in [-0.4, -0.2) is 79.9 Å². The lowest BCUT2D eigenvalue weighted by atomic mass is 10.1. The number of anilines is 1. The summed E-state index contributed by atoms with van der Waals surface area (Å²) in [6.45, 7) is 10.8. The molecule has 1 atom stereocenters. The van der Waals surface area contributed by atoms with Crippen molar-refractivity contribution in [3.05, 3.63) is 40.2 Å². The van der Waals surface area contributed by atoms with Crippen molar-refractivity contribution in [3.8, 4) is 17.6 Å². The van der Waals surface area contributed by atoms with Crippen LogP contribution < -0.4 is 10.1 Å². The molecule has 0 aliphatic carbocycles. The van der Waals surface area contributed by atoms with E-state index in [4.69, 9.17) is 23.7 Å². The molecule has 1 unspecified atom stereocenters. The Morgan fingerprint density at radius 2 is 2.07 bits per heavy atom. The Bertz CT molecular complexity index is 1310. The van der Waals surface area contributed by atoms with Crippen LogP contribution in [0.15, 0.2) is 18.2 Å². The first-order chi connectivity index (χ1) is 20.3. The molecule has 2 heterocycles. The first-order valence-electron chi connectivity index (χ1n) is 14.3. The number of hydrogen-bond acceptors (Lipinski definition) is 10. The molecule has 3 rings (SSSR count). The summed E-state index contributed by atoms with van der Waals surface area (Å²) >= 11 is 1.39. The first-order valence-corrected chi connectivity index (χ1v) is 15.1. The molecule has 0 spiro atoms. The fourth-order valence-electron chi connectivity index (χ4n) is 4.10. The number of thiazole rings is 1. The molecule has 1 fully saturated rings. The van der Waals surface area contributed by atoms with Crippen LogP contribution in [0.3, 0.4) is 0 Å². The zero-order valence-electron chi connectivity index (χ0n) is 26.0. The summed E-state index contributed by atoms with van der Waals surface area (Å²) in [6, 6.07) is 4.47. The van der Waals surface area contributed by atoms with Crippen LogP contribution in [0.1, 0.15) is 74.8 Å². The van der Waals surface area contributed by atoms with E-state index in [0.717, 1.165) is 17.7 Å². The Morgan fingerprint density at radius 3 is 2.74 bits per heavy atom. The molecule has 43 heavy (non-hydrogen) atoms. The van der Waals surface area contributed by atoms with Gasteiger partial charge in [0.15, 0.2) is 28.2 Å². The molecule has 1 saturated heterocycles. The summed E-state index contributed by atoms with van der Waals surface area (Å²) in [5, 5.41) is 3.91. The summed E-state index contributed by atoms with van der Waals surface area (Å²) in [7, 11) is 2.91.